The lowest BCUT2D eigenvalue weighted by molar-refractivity contribution is -0.134. The number of hydrazone groups is 1. The molecule has 8 nitrogen and oxygen atoms in total. The van der Waals surface area contributed by atoms with Gasteiger partial charge in [-0.3, -0.25) is 9.59 Å². The lowest BCUT2D eigenvalue weighted by Crippen LogP contribution is -2.47. The Bertz CT molecular complexity index is 724. The van der Waals surface area contributed by atoms with Gasteiger partial charge in [0.15, 0.2) is 9.84 Å². The predicted molar refractivity (Wildman–Crippen MR) is 108 cm³/mol. The molecule has 3 rings (SSSR count). The topological polar surface area (TPSA) is 90.4 Å². The number of carbonyl (C=O) groups is 2. The van der Waals surface area contributed by atoms with Gasteiger partial charge in [0, 0.05) is 32.5 Å². The lowest BCUT2D eigenvalue weighted by atomic mass is 9.95. The molecule has 0 saturated carbocycles. The largest absolute Gasteiger partial charge is 0.338 e. The number of hydrogen-bond acceptors (Lipinski definition) is 6. The van der Waals surface area contributed by atoms with Gasteiger partial charge in [0.2, 0.25) is 5.91 Å². The maximum Gasteiger partial charge on any atom is 0.270 e. The smallest absolute Gasteiger partial charge is 0.270 e. The Kier molecular flexibility index (Phi) is 6.75. The SMILES string of the molecule is CCN(CC)CC1CCN(C(=O)C2=NN([C@@H]3CCS(=O)(=O)C3)C(=O)CC2)CC1. The highest BCUT2D eigenvalue weighted by Gasteiger charge is 2.38. The first-order chi connectivity index (χ1) is 13.3. The molecule has 0 aromatic carbocycles. The Morgan fingerprint density at radius 1 is 1.14 bits per heavy atom. The molecule has 9 heteroatoms. The zero-order chi connectivity index (χ0) is 20.3. The average molecular weight is 413 g/mol. The van der Waals surface area contributed by atoms with Crippen LogP contribution in [0.25, 0.3) is 0 Å². The van der Waals surface area contributed by atoms with Crippen LogP contribution < -0.4 is 0 Å². The number of piperidine rings is 1. The number of rotatable bonds is 6. The third-order valence-corrected chi connectivity index (χ3v) is 7.92. The van der Waals surface area contributed by atoms with E-state index in [1.54, 1.807) is 0 Å². The van der Waals surface area contributed by atoms with E-state index >= 15 is 0 Å². The fourth-order valence-electron chi connectivity index (χ4n) is 4.33. The van der Waals surface area contributed by atoms with Gasteiger partial charge in [0.25, 0.3) is 5.91 Å². The summed E-state index contributed by atoms with van der Waals surface area (Å²) in [5.41, 5.74) is 0.395. The summed E-state index contributed by atoms with van der Waals surface area (Å²) in [6, 6.07) is -0.430. The van der Waals surface area contributed by atoms with Crippen molar-refractivity contribution in [2.24, 2.45) is 11.0 Å². The first kappa shape index (κ1) is 21.2. The van der Waals surface area contributed by atoms with Crippen molar-refractivity contribution in [1.82, 2.24) is 14.8 Å². The maximum absolute atomic E-state index is 12.9. The Hall–Kier alpha value is -1.48. The third kappa shape index (κ3) is 4.92. The van der Waals surface area contributed by atoms with E-state index in [1.165, 1.54) is 5.01 Å². The molecule has 0 radical (unpaired) electrons. The van der Waals surface area contributed by atoms with Crippen LogP contribution in [0.1, 0.15) is 46.0 Å². The molecule has 0 spiro atoms. The predicted octanol–water partition coefficient (Wildman–Crippen LogP) is 0.732. The second kappa shape index (κ2) is 8.90. The van der Waals surface area contributed by atoms with Crippen LogP contribution in [-0.2, 0) is 19.4 Å². The number of nitrogens with zero attached hydrogens (tertiary/aromatic N) is 4. The van der Waals surface area contributed by atoms with E-state index in [0.29, 0.717) is 24.5 Å². The molecule has 158 valence electrons. The highest BCUT2D eigenvalue weighted by atomic mass is 32.2. The van der Waals surface area contributed by atoms with Gasteiger partial charge >= 0.3 is 0 Å². The van der Waals surface area contributed by atoms with E-state index < -0.39 is 15.9 Å². The summed E-state index contributed by atoms with van der Waals surface area (Å²) in [4.78, 5) is 29.4. The Balaban J connectivity index is 1.60. The minimum atomic E-state index is -3.11. The first-order valence-electron chi connectivity index (χ1n) is 10.4. The zero-order valence-corrected chi connectivity index (χ0v) is 17.8. The highest BCUT2D eigenvalue weighted by Crippen LogP contribution is 2.24. The molecule has 0 N–H and O–H groups in total. The van der Waals surface area contributed by atoms with Crippen molar-refractivity contribution in [1.29, 1.82) is 0 Å². The molecule has 0 aliphatic carbocycles. The van der Waals surface area contributed by atoms with E-state index in [2.05, 4.69) is 23.8 Å². The van der Waals surface area contributed by atoms with Crippen LogP contribution in [0.2, 0.25) is 0 Å². The zero-order valence-electron chi connectivity index (χ0n) is 17.0. The summed E-state index contributed by atoms with van der Waals surface area (Å²) in [5.74, 6) is 0.357. The molecule has 3 aliphatic heterocycles. The highest BCUT2D eigenvalue weighted by molar-refractivity contribution is 7.91. The number of amides is 2. The van der Waals surface area contributed by atoms with E-state index in [4.69, 9.17) is 0 Å². The second-order valence-electron chi connectivity index (χ2n) is 8.06. The number of sulfone groups is 1. The van der Waals surface area contributed by atoms with Crippen molar-refractivity contribution >= 4 is 27.4 Å². The van der Waals surface area contributed by atoms with Crippen molar-refractivity contribution < 1.29 is 18.0 Å². The standard InChI is InChI=1S/C19H32N4O4S/c1-3-21(4-2)13-15-7-10-22(11-8-15)19(25)17-5-6-18(24)23(20-17)16-9-12-28(26,27)14-16/h15-16H,3-14H2,1-2H3/t16-/m1/s1. The average Bonchev–Trinajstić information content (AvgIpc) is 3.06. The summed E-state index contributed by atoms with van der Waals surface area (Å²) >= 11 is 0. The van der Waals surface area contributed by atoms with E-state index in [0.717, 1.165) is 45.6 Å². The minimum absolute atomic E-state index is 0.0551. The van der Waals surface area contributed by atoms with Crippen LogP contribution in [0.15, 0.2) is 5.10 Å². The van der Waals surface area contributed by atoms with E-state index in [1.807, 2.05) is 4.90 Å². The second-order valence-corrected chi connectivity index (χ2v) is 10.3. The molecule has 2 fully saturated rings. The summed E-state index contributed by atoms with van der Waals surface area (Å²) in [6.07, 6.45) is 2.93. The van der Waals surface area contributed by atoms with Gasteiger partial charge < -0.3 is 9.80 Å². The molecule has 3 aliphatic rings. The van der Waals surface area contributed by atoms with Crippen molar-refractivity contribution in [2.45, 2.75) is 52.0 Å². The maximum atomic E-state index is 12.9. The van der Waals surface area contributed by atoms with Crippen LogP contribution in [0.3, 0.4) is 0 Å². The Morgan fingerprint density at radius 3 is 2.39 bits per heavy atom. The van der Waals surface area contributed by atoms with Gasteiger partial charge in [-0.15, -0.1) is 0 Å². The molecule has 2 amide bonds. The Morgan fingerprint density at radius 2 is 1.82 bits per heavy atom. The number of hydrogen-bond donors (Lipinski definition) is 0. The van der Waals surface area contributed by atoms with E-state index in [-0.39, 0.29) is 29.7 Å². The van der Waals surface area contributed by atoms with Crippen molar-refractivity contribution in [3.8, 4) is 0 Å². The summed E-state index contributed by atoms with van der Waals surface area (Å²) in [5, 5.41) is 5.59. The molecule has 2 saturated heterocycles. The fourth-order valence-corrected chi connectivity index (χ4v) is 6.02. The normalized spacial score (nSPS) is 26.0. The van der Waals surface area contributed by atoms with Crippen LogP contribution >= 0.6 is 0 Å². The minimum Gasteiger partial charge on any atom is -0.338 e. The van der Waals surface area contributed by atoms with Gasteiger partial charge in [0.1, 0.15) is 5.71 Å². The molecule has 3 heterocycles. The van der Waals surface area contributed by atoms with Crippen LogP contribution in [-0.4, -0.2) is 91.0 Å². The molecule has 0 bridgehead atoms. The van der Waals surface area contributed by atoms with Crippen molar-refractivity contribution in [3.05, 3.63) is 0 Å². The van der Waals surface area contributed by atoms with Crippen LogP contribution in [0, 0.1) is 5.92 Å². The number of likely N-dealkylation sites (tertiary alicyclic amines) is 1. The van der Waals surface area contributed by atoms with Crippen molar-refractivity contribution in [2.75, 3.05) is 44.2 Å². The fraction of sp³-hybridized carbons (Fsp3) is 0.842. The van der Waals surface area contributed by atoms with Crippen LogP contribution in [0.4, 0.5) is 0 Å². The quantitative estimate of drug-likeness (QED) is 0.642. The van der Waals surface area contributed by atoms with E-state index in [9.17, 15) is 18.0 Å². The molecular formula is C19H32N4O4S. The molecule has 0 aromatic rings. The molecule has 28 heavy (non-hydrogen) atoms. The van der Waals surface area contributed by atoms with Gasteiger partial charge in [-0.25, -0.2) is 13.4 Å². The lowest BCUT2D eigenvalue weighted by Gasteiger charge is -2.35. The molecule has 1 atom stereocenters. The van der Waals surface area contributed by atoms with Crippen LogP contribution in [0.5, 0.6) is 0 Å². The summed E-state index contributed by atoms with van der Waals surface area (Å²) < 4.78 is 23.5. The van der Waals surface area contributed by atoms with Gasteiger partial charge in [-0.05, 0) is 38.3 Å². The van der Waals surface area contributed by atoms with Gasteiger partial charge in [0.05, 0.1) is 17.5 Å². The summed E-state index contributed by atoms with van der Waals surface area (Å²) in [6.45, 7) is 8.96. The van der Waals surface area contributed by atoms with Crippen molar-refractivity contribution in [3.63, 3.8) is 0 Å². The van der Waals surface area contributed by atoms with Gasteiger partial charge in [-0.1, -0.05) is 13.8 Å². The summed E-state index contributed by atoms with van der Waals surface area (Å²) in [7, 11) is -3.11. The Labute approximate surface area is 167 Å². The first-order valence-corrected chi connectivity index (χ1v) is 12.3. The van der Waals surface area contributed by atoms with Gasteiger partial charge in [-0.2, -0.15) is 5.10 Å². The molecule has 0 unspecified atom stereocenters. The monoisotopic (exact) mass is 412 g/mol. The third-order valence-electron chi connectivity index (χ3n) is 6.17. The number of carbonyl (C=O) groups excluding carboxylic acids is 2. The molecule has 0 aromatic heterocycles. The molecular weight excluding hydrogens is 380 g/mol.